The van der Waals surface area contributed by atoms with Crippen LogP contribution in [-0.2, 0) is 0 Å². The Kier molecular flexibility index (Phi) is 2.92. The number of halogens is 1. The van der Waals surface area contributed by atoms with Gasteiger partial charge in [-0.05, 0) is 24.6 Å². The fourth-order valence-corrected chi connectivity index (χ4v) is 1.34. The van der Waals surface area contributed by atoms with Gasteiger partial charge in [-0.15, -0.1) is 0 Å². The highest BCUT2D eigenvalue weighted by Gasteiger charge is 2.03. The smallest absolute Gasteiger partial charge is 0.237 e. The summed E-state index contributed by atoms with van der Waals surface area (Å²) in [7, 11) is 0. The van der Waals surface area contributed by atoms with E-state index in [1.165, 1.54) is 12.4 Å². The van der Waals surface area contributed by atoms with Crippen LogP contribution in [0, 0.1) is 6.92 Å². The summed E-state index contributed by atoms with van der Waals surface area (Å²) in [5.41, 5.74) is 6.40. The number of rotatable bonds is 2. The first-order chi connectivity index (χ1) is 7.65. The summed E-state index contributed by atoms with van der Waals surface area (Å²) in [6.45, 7) is 1.93. The molecular formula is C11H10ClN3O. The van der Waals surface area contributed by atoms with Crippen molar-refractivity contribution in [3.05, 3.63) is 41.2 Å². The minimum absolute atomic E-state index is 0.357. The van der Waals surface area contributed by atoms with Crippen LogP contribution in [0.1, 0.15) is 5.56 Å². The van der Waals surface area contributed by atoms with Gasteiger partial charge in [-0.25, -0.2) is 9.97 Å². The SMILES string of the molecule is Cc1ccc(Cl)cc1Oc1cnc(N)cn1. The van der Waals surface area contributed by atoms with Gasteiger partial charge in [-0.1, -0.05) is 17.7 Å². The van der Waals surface area contributed by atoms with Crippen molar-refractivity contribution in [2.45, 2.75) is 6.92 Å². The Morgan fingerprint density at radius 1 is 1.25 bits per heavy atom. The molecule has 0 unspecified atom stereocenters. The number of hydrogen-bond acceptors (Lipinski definition) is 4. The summed E-state index contributed by atoms with van der Waals surface area (Å²) >= 11 is 5.87. The van der Waals surface area contributed by atoms with Crippen LogP contribution in [0.15, 0.2) is 30.6 Å². The monoisotopic (exact) mass is 235 g/mol. The molecular weight excluding hydrogens is 226 g/mol. The van der Waals surface area contributed by atoms with Crippen LogP contribution < -0.4 is 10.5 Å². The summed E-state index contributed by atoms with van der Waals surface area (Å²) in [5, 5.41) is 0.615. The topological polar surface area (TPSA) is 61.0 Å². The van der Waals surface area contributed by atoms with Gasteiger partial charge in [-0.3, -0.25) is 0 Å². The summed E-state index contributed by atoms with van der Waals surface area (Å²) in [6.07, 6.45) is 2.91. The zero-order chi connectivity index (χ0) is 11.5. The van der Waals surface area contributed by atoms with E-state index in [0.717, 1.165) is 5.56 Å². The normalized spacial score (nSPS) is 10.1. The standard InChI is InChI=1S/C11H10ClN3O/c1-7-2-3-8(12)4-9(7)16-11-6-14-10(13)5-15-11/h2-6H,1H3,(H2,13,14). The van der Waals surface area contributed by atoms with Crippen LogP contribution in [0.25, 0.3) is 0 Å². The third kappa shape index (κ3) is 2.41. The van der Waals surface area contributed by atoms with Crippen molar-refractivity contribution in [1.82, 2.24) is 9.97 Å². The first-order valence-electron chi connectivity index (χ1n) is 4.66. The highest BCUT2D eigenvalue weighted by molar-refractivity contribution is 6.30. The first kappa shape index (κ1) is 10.7. The lowest BCUT2D eigenvalue weighted by atomic mass is 10.2. The number of ether oxygens (including phenoxy) is 1. The molecule has 0 aliphatic rings. The van der Waals surface area contributed by atoms with Crippen LogP contribution in [0.4, 0.5) is 5.82 Å². The van der Waals surface area contributed by atoms with Gasteiger partial charge in [-0.2, -0.15) is 0 Å². The van der Waals surface area contributed by atoms with Crippen LogP contribution in [-0.4, -0.2) is 9.97 Å². The molecule has 1 aromatic heterocycles. The average molecular weight is 236 g/mol. The maximum atomic E-state index is 5.87. The number of aryl methyl sites for hydroxylation is 1. The van der Waals surface area contributed by atoms with Crippen molar-refractivity contribution in [3.63, 3.8) is 0 Å². The van der Waals surface area contributed by atoms with Gasteiger partial charge in [0.05, 0.1) is 12.4 Å². The van der Waals surface area contributed by atoms with Gasteiger partial charge < -0.3 is 10.5 Å². The molecule has 2 N–H and O–H groups in total. The van der Waals surface area contributed by atoms with E-state index >= 15 is 0 Å². The second-order valence-electron chi connectivity index (χ2n) is 3.29. The van der Waals surface area contributed by atoms with Crippen LogP contribution in [0.5, 0.6) is 11.6 Å². The number of benzene rings is 1. The lowest BCUT2D eigenvalue weighted by Gasteiger charge is -2.07. The molecule has 0 aliphatic carbocycles. The number of nitrogens with zero attached hydrogens (tertiary/aromatic N) is 2. The first-order valence-corrected chi connectivity index (χ1v) is 5.04. The highest BCUT2D eigenvalue weighted by atomic mass is 35.5. The summed E-state index contributed by atoms with van der Waals surface area (Å²) < 4.78 is 5.53. The molecule has 0 fully saturated rings. The zero-order valence-corrected chi connectivity index (χ0v) is 9.40. The largest absolute Gasteiger partial charge is 0.437 e. The maximum Gasteiger partial charge on any atom is 0.237 e. The Morgan fingerprint density at radius 3 is 2.75 bits per heavy atom. The zero-order valence-electron chi connectivity index (χ0n) is 8.64. The van der Waals surface area contributed by atoms with E-state index in [4.69, 9.17) is 22.1 Å². The van der Waals surface area contributed by atoms with Gasteiger partial charge in [0.1, 0.15) is 11.6 Å². The lowest BCUT2D eigenvalue weighted by molar-refractivity contribution is 0.457. The van der Waals surface area contributed by atoms with Gasteiger partial charge in [0.15, 0.2) is 0 Å². The second kappa shape index (κ2) is 4.37. The average Bonchev–Trinajstić information content (AvgIpc) is 2.27. The number of anilines is 1. The molecule has 0 saturated heterocycles. The molecule has 0 bridgehead atoms. The van der Waals surface area contributed by atoms with Crippen molar-refractivity contribution in [2.24, 2.45) is 0 Å². The van der Waals surface area contributed by atoms with Gasteiger partial charge in [0.25, 0.3) is 0 Å². The van der Waals surface area contributed by atoms with Gasteiger partial charge in [0, 0.05) is 5.02 Å². The fraction of sp³-hybridized carbons (Fsp3) is 0.0909. The molecule has 0 saturated carbocycles. The molecule has 2 rings (SSSR count). The Hall–Kier alpha value is -1.81. The van der Waals surface area contributed by atoms with Crippen LogP contribution in [0.3, 0.4) is 0 Å². The molecule has 4 nitrogen and oxygen atoms in total. The molecule has 0 radical (unpaired) electrons. The second-order valence-corrected chi connectivity index (χ2v) is 3.73. The molecule has 16 heavy (non-hydrogen) atoms. The maximum absolute atomic E-state index is 5.87. The van der Waals surface area contributed by atoms with Crippen LogP contribution >= 0.6 is 11.6 Å². The number of nitrogens with two attached hydrogens (primary N) is 1. The molecule has 2 aromatic rings. The van der Waals surface area contributed by atoms with Crippen molar-refractivity contribution in [1.29, 1.82) is 0 Å². The third-order valence-corrected chi connectivity index (χ3v) is 2.25. The fourth-order valence-electron chi connectivity index (χ4n) is 1.18. The molecule has 5 heteroatoms. The Balaban J connectivity index is 2.26. The third-order valence-electron chi connectivity index (χ3n) is 2.01. The molecule has 1 aromatic carbocycles. The highest BCUT2D eigenvalue weighted by Crippen LogP contribution is 2.26. The summed E-state index contributed by atoms with van der Waals surface area (Å²) in [4.78, 5) is 7.88. The summed E-state index contributed by atoms with van der Waals surface area (Å²) in [5.74, 6) is 1.40. The quantitative estimate of drug-likeness (QED) is 0.870. The van der Waals surface area contributed by atoms with E-state index in [1.54, 1.807) is 12.1 Å². The number of aromatic nitrogens is 2. The number of nitrogen functional groups attached to an aromatic ring is 1. The van der Waals surface area contributed by atoms with E-state index in [2.05, 4.69) is 9.97 Å². The van der Waals surface area contributed by atoms with E-state index < -0.39 is 0 Å². The minimum atomic E-state index is 0.357. The van der Waals surface area contributed by atoms with Gasteiger partial charge in [0.2, 0.25) is 5.88 Å². The van der Waals surface area contributed by atoms with E-state index in [1.807, 2.05) is 13.0 Å². The van der Waals surface area contributed by atoms with Crippen molar-refractivity contribution < 1.29 is 4.74 Å². The minimum Gasteiger partial charge on any atom is -0.437 e. The van der Waals surface area contributed by atoms with Crippen molar-refractivity contribution in [2.75, 3.05) is 5.73 Å². The van der Waals surface area contributed by atoms with Crippen molar-refractivity contribution in [3.8, 4) is 11.6 Å². The predicted molar refractivity (Wildman–Crippen MR) is 62.7 cm³/mol. The van der Waals surface area contributed by atoms with E-state index in [-0.39, 0.29) is 0 Å². The Labute approximate surface area is 98.0 Å². The molecule has 1 heterocycles. The van der Waals surface area contributed by atoms with Crippen molar-refractivity contribution >= 4 is 17.4 Å². The summed E-state index contributed by atoms with van der Waals surface area (Å²) in [6, 6.07) is 5.41. The lowest BCUT2D eigenvalue weighted by Crippen LogP contribution is -1.94. The van der Waals surface area contributed by atoms with E-state index in [0.29, 0.717) is 22.5 Å². The predicted octanol–water partition coefficient (Wildman–Crippen LogP) is 2.81. The Bertz CT molecular complexity index is 499. The molecule has 0 atom stereocenters. The Morgan fingerprint density at radius 2 is 2.06 bits per heavy atom. The number of hydrogen-bond donors (Lipinski definition) is 1. The molecule has 82 valence electrons. The molecule has 0 aliphatic heterocycles. The molecule has 0 amide bonds. The van der Waals surface area contributed by atoms with Gasteiger partial charge >= 0.3 is 0 Å². The van der Waals surface area contributed by atoms with Crippen LogP contribution in [0.2, 0.25) is 5.02 Å². The van der Waals surface area contributed by atoms with E-state index in [9.17, 15) is 0 Å². The molecule has 0 spiro atoms.